The SMILES string of the molecule is BCC(=O)c1cc(N(CC)CC)c(OC)c(C(C)(C)C)c1. The lowest BCUT2D eigenvalue weighted by Gasteiger charge is -2.29. The molecule has 0 aliphatic heterocycles. The van der Waals surface area contributed by atoms with E-state index in [9.17, 15) is 4.79 Å². The Morgan fingerprint density at radius 2 is 1.81 bits per heavy atom. The van der Waals surface area contributed by atoms with Gasteiger partial charge in [0.05, 0.1) is 12.8 Å². The Labute approximate surface area is 130 Å². The Bertz CT molecular complexity index is 502. The van der Waals surface area contributed by atoms with E-state index in [1.54, 1.807) is 7.11 Å². The van der Waals surface area contributed by atoms with E-state index < -0.39 is 0 Å². The quantitative estimate of drug-likeness (QED) is 0.595. The zero-order valence-corrected chi connectivity index (χ0v) is 14.5. The van der Waals surface area contributed by atoms with Crippen LogP contribution in [0.4, 0.5) is 5.69 Å². The van der Waals surface area contributed by atoms with E-state index in [1.165, 1.54) is 0 Å². The molecule has 0 N–H and O–H groups in total. The van der Waals surface area contributed by atoms with Gasteiger partial charge in [-0.25, -0.2) is 0 Å². The lowest BCUT2D eigenvalue weighted by molar-refractivity contribution is 0.101. The number of ketones is 1. The first-order valence-electron chi connectivity index (χ1n) is 7.80. The summed E-state index contributed by atoms with van der Waals surface area (Å²) in [5, 5.41) is 0. The van der Waals surface area contributed by atoms with Crippen LogP contribution in [0.25, 0.3) is 0 Å². The van der Waals surface area contributed by atoms with E-state index in [-0.39, 0.29) is 11.2 Å². The average Bonchev–Trinajstić information content (AvgIpc) is 2.45. The van der Waals surface area contributed by atoms with Gasteiger partial charge in [-0.1, -0.05) is 20.8 Å². The summed E-state index contributed by atoms with van der Waals surface area (Å²) in [7, 11) is 3.61. The van der Waals surface area contributed by atoms with Crippen LogP contribution in [0.1, 0.15) is 50.5 Å². The first kappa shape index (κ1) is 17.6. The lowest BCUT2D eigenvalue weighted by atomic mass is 9.83. The molecule has 4 heteroatoms. The maximum absolute atomic E-state index is 12.2. The fourth-order valence-electron chi connectivity index (χ4n) is 2.55. The Morgan fingerprint density at radius 3 is 2.19 bits per heavy atom. The van der Waals surface area contributed by atoms with Crippen LogP contribution in [0, 0.1) is 0 Å². The van der Waals surface area contributed by atoms with Gasteiger partial charge in [0.25, 0.3) is 0 Å². The van der Waals surface area contributed by atoms with Crippen molar-refractivity contribution in [1.82, 2.24) is 0 Å². The highest BCUT2D eigenvalue weighted by Gasteiger charge is 2.25. The molecule has 0 saturated carbocycles. The summed E-state index contributed by atoms with van der Waals surface area (Å²) in [5.74, 6) is 1.07. The first-order valence-corrected chi connectivity index (χ1v) is 7.80. The number of Topliss-reactive ketones (excluding diaryl/α,β-unsaturated/α-hetero) is 1. The number of carbonyl (C=O) groups is 1. The maximum atomic E-state index is 12.2. The molecule has 0 bridgehead atoms. The zero-order valence-electron chi connectivity index (χ0n) is 14.5. The van der Waals surface area contributed by atoms with E-state index in [0.29, 0.717) is 6.32 Å². The van der Waals surface area contributed by atoms with Crippen LogP contribution in [-0.2, 0) is 5.41 Å². The van der Waals surface area contributed by atoms with E-state index in [1.807, 2.05) is 20.0 Å². The molecule has 1 aromatic carbocycles. The molecular formula is C17H28BNO2. The number of methoxy groups -OCH3 is 1. The Morgan fingerprint density at radius 1 is 1.24 bits per heavy atom. The molecule has 0 amide bonds. The second kappa shape index (κ2) is 7.01. The van der Waals surface area contributed by atoms with Crippen molar-refractivity contribution in [2.45, 2.75) is 46.4 Å². The molecule has 0 atom stereocenters. The van der Waals surface area contributed by atoms with Gasteiger partial charge < -0.3 is 9.64 Å². The molecule has 0 unspecified atom stereocenters. The van der Waals surface area contributed by atoms with Crippen molar-refractivity contribution >= 4 is 19.3 Å². The summed E-state index contributed by atoms with van der Waals surface area (Å²) < 4.78 is 5.70. The normalized spacial score (nSPS) is 11.3. The van der Waals surface area contributed by atoms with Gasteiger partial charge in [0.1, 0.15) is 13.6 Å². The van der Waals surface area contributed by atoms with Crippen LogP contribution in [0.3, 0.4) is 0 Å². The second-order valence-corrected chi connectivity index (χ2v) is 6.28. The van der Waals surface area contributed by atoms with Gasteiger partial charge in [0, 0.05) is 24.2 Å². The second-order valence-electron chi connectivity index (χ2n) is 6.28. The van der Waals surface area contributed by atoms with Gasteiger partial charge in [0.15, 0.2) is 5.78 Å². The Balaban J connectivity index is 3.63. The number of benzene rings is 1. The smallest absolute Gasteiger partial charge is 0.155 e. The predicted molar refractivity (Wildman–Crippen MR) is 92.9 cm³/mol. The summed E-state index contributed by atoms with van der Waals surface area (Å²) in [6.07, 6.45) is 0.521. The van der Waals surface area contributed by atoms with E-state index in [0.717, 1.165) is 35.7 Å². The van der Waals surface area contributed by atoms with E-state index >= 15 is 0 Å². The number of ether oxygens (including phenoxy) is 1. The maximum Gasteiger partial charge on any atom is 0.155 e. The number of rotatable bonds is 6. The molecule has 0 heterocycles. The molecule has 0 spiro atoms. The van der Waals surface area contributed by atoms with Gasteiger partial charge in [-0.15, -0.1) is 0 Å². The fourth-order valence-corrected chi connectivity index (χ4v) is 2.55. The van der Waals surface area contributed by atoms with Gasteiger partial charge in [-0.2, -0.15) is 0 Å². The molecule has 1 rings (SSSR count). The van der Waals surface area contributed by atoms with Crippen LogP contribution in [0.5, 0.6) is 5.75 Å². The number of nitrogens with zero attached hydrogens (tertiary/aromatic N) is 1. The third kappa shape index (κ3) is 3.81. The van der Waals surface area contributed by atoms with Crippen LogP contribution in [0.15, 0.2) is 12.1 Å². The number of carbonyl (C=O) groups excluding carboxylic acids is 1. The minimum atomic E-state index is -0.0721. The largest absolute Gasteiger partial charge is 0.494 e. The first-order chi connectivity index (χ1) is 9.79. The van der Waals surface area contributed by atoms with Crippen LogP contribution in [0.2, 0.25) is 6.32 Å². The van der Waals surface area contributed by atoms with Crippen LogP contribution in [-0.4, -0.2) is 33.8 Å². The molecule has 0 saturated heterocycles. The van der Waals surface area contributed by atoms with Crippen LogP contribution < -0.4 is 9.64 Å². The summed E-state index contributed by atoms with van der Waals surface area (Å²) in [5.41, 5.74) is 2.82. The number of hydrogen-bond acceptors (Lipinski definition) is 3. The van der Waals surface area contributed by atoms with Crippen molar-refractivity contribution in [3.63, 3.8) is 0 Å². The summed E-state index contributed by atoms with van der Waals surface area (Å²) in [6.45, 7) is 12.5. The van der Waals surface area contributed by atoms with Gasteiger partial charge >= 0.3 is 0 Å². The highest BCUT2D eigenvalue weighted by Crippen LogP contribution is 2.40. The van der Waals surface area contributed by atoms with Crippen LogP contribution >= 0.6 is 0 Å². The molecule has 116 valence electrons. The highest BCUT2D eigenvalue weighted by atomic mass is 16.5. The number of anilines is 1. The third-order valence-electron chi connectivity index (χ3n) is 3.83. The third-order valence-corrected chi connectivity index (χ3v) is 3.83. The summed E-state index contributed by atoms with van der Waals surface area (Å²) in [4.78, 5) is 14.4. The highest BCUT2D eigenvalue weighted by molar-refractivity contribution is 6.24. The minimum Gasteiger partial charge on any atom is -0.494 e. The summed E-state index contributed by atoms with van der Waals surface area (Å²) in [6, 6.07) is 3.98. The zero-order chi connectivity index (χ0) is 16.2. The molecule has 0 aliphatic carbocycles. The van der Waals surface area contributed by atoms with Crippen molar-refractivity contribution < 1.29 is 9.53 Å². The van der Waals surface area contributed by atoms with Crippen molar-refractivity contribution in [1.29, 1.82) is 0 Å². The van der Waals surface area contributed by atoms with E-state index in [2.05, 4.69) is 39.5 Å². The molecule has 0 aromatic heterocycles. The Kier molecular flexibility index (Phi) is 5.88. The van der Waals surface area contributed by atoms with Gasteiger partial charge in [-0.05, 0) is 37.7 Å². The summed E-state index contributed by atoms with van der Waals surface area (Å²) >= 11 is 0. The lowest BCUT2D eigenvalue weighted by Crippen LogP contribution is -2.25. The molecular weight excluding hydrogens is 261 g/mol. The standard InChI is InChI=1S/C17H28BNO2/c1-7-19(8-2)14-10-12(15(20)11-18)9-13(16(14)21-6)17(3,4)5/h9-10H,7-8,11,18H2,1-6H3. The fraction of sp³-hybridized carbons (Fsp3) is 0.588. The Hall–Kier alpha value is -1.45. The van der Waals surface area contributed by atoms with Crippen molar-refractivity contribution in [3.8, 4) is 5.75 Å². The minimum absolute atomic E-state index is 0.0721. The average molecular weight is 289 g/mol. The van der Waals surface area contributed by atoms with Crippen molar-refractivity contribution in [2.24, 2.45) is 0 Å². The topological polar surface area (TPSA) is 29.5 Å². The molecule has 0 radical (unpaired) electrons. The van der Waals surface area contributed by atoms with Crippen molar-refractivity contribution in [3.05, 3.63) is 23.3 Å². The van der Waals surface area contributed by atoms with Gasteiger partial charge in [-0.3, -0.25) is 4.79 Å². The van der Waals surface area contributed by atoms with Crippen molar-refractivity contribution in [2.75, 3.05) is 25.1 Å². The molecule has 0 aliphatic rings. The molecule has 21 heavy (non-hydrogen) atoms. The van der Waals surface area contributed by atoms with E-state index in [4.69, 9.17) is 4.74 Å². The monoisotopic (exact) mass is 289 g/mol. The predicted octanol–water partition coefficient (Wildman–Crippen LogP) is 3.07. The van der Waals surface area contributed by atoms with Gasteiger partial charge in [0.2, 0.25) is 0 Å². The molecule has 3 nitrogen and oxygen atoms in total. The molecule has 0 fully saturated rings. The molecule has 1 aromatic rings. The number of hydrogen-bond donors (Lipinski definition) is 0.